The lowest BCUT2D eigenvalue weighted by atomic mass is 9.87. The number of carbonyl (C=O) groups excluding carboxylic acids is 2. The fourth-order valence-electron chi connectivity index (χ4n) is 5.08. The van der Waals surface area contributed by atoms with Crippen molar-refractivity contribution in [1.29, 1.82) is 0 Å². The molecule has 2 atom stereocenters. The lowest BCUT2D eigenvalue weighted by molar-refractivity contribution is -0.136. The molecule has 2 unspecified atom stereocenters. The van der Waals surface area contributed by atoms with Gasteiger partial charge in [-0.2, -0.15) is 0 Å². The Morgan fingerprint density at radius 2 is 1.95 bits per heavy atom. The van der Waals surface area contributed by atoms with Gasteiger partial charge in [0, 0.05) is 25.6 Å². The fraction of sp³-hybridized carbons (Fsp3) is 0.400. The predicted octanol–water partition coefficient (Wildman–Crippen LogP) is 4.90. The summed E-state index contributed by atoms with van der Waals surface area (Å²) in [4.78, 5) is 27.5. The number of benzene rings is 2. The van der Waals surface area contributed by atoms with Gasteiger partial charge in [0.15, 0.2) is 5.76 Å². The second-order valence-electron chi connectivity index (χ2n) is 10.0. The molecule has 3 heterocycles. The summed E-state index contributed by atoms with van der Waals surface area (Å²) in [5.41, 5.74) is 3.38. The SMILES string of the molecule is CC(C)C(=O)N1CCc2ccc(OCc3ccc(C(=O)NCC4CCCO4)o3)cc2C1c1ccccc1. The summed E-state index contributed by atoms with van der Waals surface area (Å²) in [6.45, 7) is 6.01. The van der Waals surface area contributed by atoms with Crippen molar-refractivity contribution in [1.82, 2.24) is 10.2 Å². The maximum absolute atomic E-state index is 13.1. The van der Waals surface area contributed by atoms with Gasteiger partial charge in [0.2, 0.25) is 5.91 Å². The molecule has 194 valence electrons. The van der Waals surface area contributed by atoms with E-state index in [0.717, 1.165) is 37.0 Å². The third-order valence-electron chi connectivity index (χ3n) is 7.02. The summed E-state index contributed by atoms with van der Waals surface area (Å²) >= 11 is 0. The zero-order chi connectivity index (χ0) is 25.8. The van der Waals surface area contributed by atoms with Crippen molar-refractivity contribution in [2.75, 3.05) is 19.7 Å². The Morgan fingerprint density at radius 3 is 2.70 bits per heavy atom. The number of hydrogen-bond donors (Lipinski definition) is 1. The number of fused-ring (bicyclic) bond motifs is 1. The second-order valence-corrected chi connectivity index (χ2v) is 10.0. The number of carbonyl (C=O) groups is 2. The van der Waals surface area contributed by atoms with Crippen LogP contribution in [0, 0.1) is 5.92 Å². The molecule has 2 aliphatic heterocycles. The Hall–Kier alpha value is -3.58. The van der Waals surface area contributed by atoms with Crippen LogP contribution >= 0.6 is 0 Å². The zero-order valence-electron chi connectivity index (χ0n) is 21.4. The highest BCUT2D eigenvalue weighted by Crippen LogP contribution is 2.38. The van der Waals surface area contributed by atoms with Crippen molar-refractivity contribution in [2.24, 2.45) is 5.92 Å². The molecule has 0 aliphatic carbocycles. The molecule has 0 radical (unpaired) electrons. The largest absolute Gasteiger partial charge is 0.486 e. The molecule has 2 aliphatic rings. The van der Waals surface area contributed by atoms with E-state index in [0.29, 0.717) is 24.6 Å². The van der Waals surface area contributed by atoms with Crippen molar-refractivity contribution >= 4 is 11.8 Å². The topological polar surface area (TPSA) is 81.0 Å². The number of ether oxygens (including phenoxy) is 2. The highest BCUT2D eigenvalue weighted by molar-refractivity contribution is 5.91. The van der Waals surface area contributed by atoms with Crippen LogP contribution in [0.15, 0.2) is 65.1 Å². The van der Waals surface area contributed by atoms with Crippen LogP contribution in [-0.2, 0) is 22.6 Å². The van der Waals surface area contributed by atoms with Crippen molar-refractivity contribution in [2.45, 2.75) is 51.9 Å². The maximum Gasteiger partial charge on any atom is 0.287 e. The van der Waals surface area contributed by atoms with Crippen LogP contribution in [-0.4, -0.2) is 42.5 Å². The van der Waals surface area contributed by atoms with Crippen molar-refractivity contribution in [3.63, 3.8) is 0 Å². The molecule has 5 rings (SSSR count). The molecular weight excluding hydrogens is 468 g/mol. The van der Waals surface area contributed by atoms with Crippen LogP contribution in [0.4, 0.5) is 0 Å². The summed E-state index contributed by atoms with van der Waals surface area (Å²) in [5.74, 6) is 1.33. The molecule has 1 saturated heterocycles. The van der Waals surface area contributed by atoms with Crippen molar-refractivity contribution in [3.8, 4) is 5.75 Å². The van der Waals surface area contributed by atoms with E-state index in [9.17, 15) is 9.59 Å². The van der Waals surface area contributed by atoms with E-state index in [1.54, 1.807) is 12.1 Å². The van der Waals surface area contributed by atoms with E-state index in [1.807, 2.05) is 49.1 Å². The molecule has 3 aromatic rings. The van der Waals surface area contributed by atoms with Gasteiger partial charge in [-0.1, -0.05) is 50.2 Å². The minimum absolute atomic E-state index is 0.0803. The molecule has 0 spiro atoms. The average Bonchev–Trinajstić information content (AvgIpc) is 3.62. The Bertz CT molecular complexity index is 1230. The third kappa shape index (κ3) is 5.72. The van der Waals surface area contributed by atoms with Gasteiger partial charge in [-0.3, -0.25) is 9.59 Å². The lowest BCUT2D eigenvalue weighted by Crippen LogP contribution is -2.42. The van der Waals surface area contributed by atoms with Gasteiger partial charge in [-0.05, 0) is 60.2 Å². The first-order valence-electron chi connectivity index (χ1n) is 13.1. The molecule has 1 fully saturated rings. The lowest BCUT2D eigenvalue weighted by Gasteiger charge is -2.39. The van der Waals surface area contributed by atoms with Crippen LogP contribution < -0.4 is 10.1 Å². The summed E-state index contributed by atoms with van der Waals surface area (Å²) in [7, 11) is 0. The first kappa shape index (κ1) is 25.1. The first-order valence-corrected chi connectivity index (χ1v) is 13.1. The Kier molecular flexibility index (Phi) is 7.60. The summed E-state index contributed by atoms with van der Waals surface area (Å²) in [5, 5.41) is 2.87. The van der Waals surface area contributed by atoms with Crippen molar-refractivity contribution in [3.05, 3.63) is 88.9 Å². The fourth-order valence-corrected chi connectivity index (χ4v) is 5.08. The molecule has 0 bridgehead atoms. The van der Waals surface area contributed by atoms with Crippen LogP contribution in [0.5, 0.6) is 5.75 Å². The molecule has 1 N–H and O–H groups in total. The number of nitrogens with zero attached hydrogens (tertiary/aromatic N) is 1. The molecule has 0 saturated carbocycles. The van der Waals surface area contributed by atoms with Crippen LogP contribution in [0.25, 0.3) is 0 Å². The molecule has 37 heavy (non-hydrogen) atoms. The summed E-state index contributed by atoms with van der Waals surface area (Å²) in [6, 6.07) is 19.5. The van der Waals surface area contributed by atoms with Gasteiger partial charge in [0.05, 0.1) is 12.1 Å². The maximum atomic E-state index is 13.1. The van der Waals surface area contributed by atoms with E-state index in [2.05, 4.69) is 23.5 Å². The van der Waals surface area contributed by atoms with E-state index in [-0.39, 0.29) is 42.2 Å². The van der Waals surface area contributed by atoms with E-state index < -0.39 is 0 Å². The predicted molar refractivity (Wildman–Crippen MR) is 139 cm³/mol. The van der Waals surface area contributed by atoms with E-state index in [1.165, 1.54) is 5.56 Å². The molecular formula is C30H34N2O5. The minimum Gasteiger partial charge on any atom is -0.486 e. The van der Waals surface area contributed by atoms with Gasteiger partial charge in [-0.25, -0.2) is 0 Å². The van der Waals surface area contributed by atoms with Crippen molar-refractivity contribution < 1.29 is 23.5 Å². The third-order valence-corrected chi connectivity index (χ3v) is 7.02. The monoisotopic (exact) mass is 502 g/mol. The van der Waals surface area contributed by atoms with E-state index in [4.69, 9.17) is 13.9 Å². The highest BCUT2D eigenvalue weighted by Gasteiger charge is 2.33. The summed E-state index contributed by atoms with van der Waals surface area (Å²) in [6.07, 6.45) is 2.88. The Morgan fingerprint density at radius 1 is 1.11 bits per heavy atom. The van der Waals surface area contributed by atoms with Crippen LogP contribution in [0.1, 0.15) is 65.7 Å². The van der Waals surface area contributed by atoms with Gasteiger partial charge < -0.3 is 24.1 Å². The van der Waals surface area contributed by atoms with E-state index >= 15 is 0 Å². The number of amides is 2. The average molecular weight is 503 g/mol. The quantitative estimate of drug-likeness (QED) is 0.474. The number of rotatable bonds is 8. The molecule has 2 amide bonds. The van der Waals surface area contributed by atoms with Gasteiger partial charge in [-0.15, -0.1) is 0 Å². The Balaban J connectivity index is 1.29. The summed E-state index contributed by atoms with van der Waals surface area (Å²) < 4.78 is 17.4. The smallest absolute Gasteiger partial charge is 0.287 e. The van der Waals surface area contributed by atoms with Gasteiger partial charge in [0.1, 0.15) is 18.1 Å². The number of nitrogens with one attached hydrogen (secondary N) is 1. The van der Waals surface area contributed by atoms with Gasteiger partial charge >= 0.3 is 0 Å². The zero-order valence-corrected chi connectivity index (χ0v) is 21.4. The second kappa shape index (κ2) is 11.2. The molecule has 2 aromatic carbocycles. The Labute approximate surface area is 217 Å². The van der Waals surface area contributed by atoms with Gasteiger partial charge in [0.25, 0.3) is 5.91 Å². The highest BCUT2D eigenvalue weighted by atomic mass is 16.5. The standard InChI is InChI=1S/C30H34N2O5/c1-20(2)30(34)32-15-14-21-10-11-23(17-26(21)28(32)22-7-4-3-5-8-22)36-19-25-12-13-27(37-25)29(33)31-18-24-9-6-16-35-24/h3-5,7-8,10-13,17,20,24,28H,6,9,14-16,18-19H2,1-2H3,(H,31,33). The first-order chi connectivity index (χ1) is 18.0. The normalized spacial score (nSPS) is 19.1. The van der Waals surface area contributed by atoms with Crippen LogP contribution in [0.3, 0.4) is 0 Å². The molecule has 7 heteroatoms. The number of furan rings is 1. The number of hydrogen-bond acceptors (Lipinski definition) is 5. The molecule has 1 aromatic heterocycles. The van der Waals surface area contributed by atoms with Crippen LogP contribution in [0.2, 0.25) is 0 Å². The minimum atomic E-state index is -0.254. The molecule has 7 nitrogen and oxygen atoms in total.